The summed E-state index contributed by atoms with van der Waals surface area (Å²) < 4.78 is 12.8. The molecule has 0 saturated carbocycles. The van der Waals surface area contributed by atoms with Crippen LogP contribution in [0.4, 0.5) is 5.69 Å². The van der Waals surface area contributed by atoms with E-state index in [1.54, 1.807) is 10.6 Å². The molecule has 0 saturated heterocycles. The van der Waals surface area contributed by atoms with Crippen LogP contribution in [0.1, 0.15) is 25.3 Å². The summed E-state index contributed by atoms with van der Waals surface area (Å²) in [5, 5.41) is 19.0. The number of nitrogens with one attached hydrogen (secondary N) is 1. The van der Waals surface area contributed by atoms with Crippen molar-refractivity contribution in [3.05, 3.63) is 56.8 Å². The lowest BCUT2D eigenvalue weighted by atomic mass is 10.0. The first kappa shape index (κ1) is 20.9. The number of hydrogen-bond donors (Lipinski definition) is 1. The number of nitro benzene ring substituents is 1. The van der Waals surface area contributed by atoms with E-state index in [1.807, 2.05) is 12.1 Å². The number of hydrogen-bond acceptors (Lipinski definition) is 7. The van der Waals surface area contributed by atoms with Gasteiger partial charge in [0.2, 0.25) is 4.77 Å². The van der Waals surface area contributed by atoms with Crippen molar-refractivity contribution < 1.29 is 14.4 Å². The van der Waals surface area contributed by atoms with Crippen LogP contribution >= 0.6 is 24.0 Å². The maximum Gasteiger partial charge on any atom is 0.314 e. The van der Waals surface area contributed by atoms with Gasteiger partial charge in [0.1, 0.15) is 5.75 Å². The second-order valence-electron chi connectivity index (χ2n) is 6.43. The van der Waals surface area contributed by atoms with Gasteiger partial charge in [-0.05, 0) is 47.6 Å². The molecule has 10 heteroatoms. The lowest BCUT2D eigenvalue weighted by molar-refractivity contribution is -0.385. The molecule has 29 heavy (non-hydrogen) atoms. The lowest BCUT2D eigenvalue weighted by Gasteiger charge is -2.12. The minimum atomic E-state index is -0.512. The predicted molar refractivity (Wildman–Crippen MR) is 113 cm³/mol. The highest BCUT2D eigenvalue weighted by Gasteiger charge is 2.22. The van der Waals surface area contributed by atoms with E-state index in [0.29, 0.717) is 26.5 Å². The van der Waals surface area contributed by atoms with E-state index in [-0.39, 0.29) is 11.4 Å². The Labute approximate surface area is 177 Å². The highest BCUT2D eigenvalue weighted by Crippen LogP contribution is 2.42. The molecule has 0 radical (unpaired) electrons. The highest BCUT2D eigenvalue weighted by atomic mass is 32.2. The van der Waals surface area contributed by atoms with Crippen molar-refractivity contribution in [1.82, 2.24) is 14.8 Å². The minimum Gasteiger partial charge on any atom is -0.495 e. The molecule has 0 aliphatic rings. The van der Waals surface area contributed by atoms with Crippen LogP contribution in [0, 0.1) is 14.9 Å². The zero-order chi connectivity index (χ0) is 21.1. The normalized spacial score (nSPS) is 10.9. The van der Waals surface area contributed by atoms with Crippen molar-refractivity contribution in [2.75, 3.05) is 14.2 Å². The van der Waals surface area contributed by atoms with E-state index in [2.05, 4.69) is 36.2 Å². The Kier molecular flexibility index (Phi) is 6.23. The van der Waals surface area contributed by atoms with Gasteiger partial charge in [0, 0.05) is 6.07 Å². The monoisotopic (exact) mass is 432 g/mol. The largest absolute Gasteiger partial charge is 0.495 e. The number of ether oxygens (including phenoxy) is 2. The van der Waals surface area contributed by atoms with Gasteiger partial charge >= 0.3 is 5.69 Å². The lowest BCUT2D eigenvalue weighted by Crippen LogP contribution is -1.99. The number of nitrogens with zero attached hydrogens (tertiary/aromatic N) is 3. The number of benzene rings is 2. The third kappa shape index (κ3) is 4.28. The van der Waals surface area contributed by atoms with Crippen LogP contribution in [0.25, 0.3) is 5.69 Å². The van der Waals surface area contributed by atoms with Gasteiger partial charge in [-0.2, -0.15) is 0 Å². The number of aromatic amines is 1. The van der Waals surface area contributed by atoms with Crippen LogP contribution in [-0.2, 0) is 0 Å². The molecule has 0 fully saturated rings. The van der Waals surface area contributed by atoms with Crippen molar-refractivity contribution in [2.24, 2.45) is 0 Å². The molecule has 2 aromatic carbocycles. The summed E-state index contributed by atoms with van der Waals surface area (Å²) in [6.07, 6.45) is 0. The quantitative estimate of drug-likeness (QED) is 0.314. The molecule has 0 aliphatic carbocycles. The van der Waals surface area contributed by atoms with Crippen LogP contribution in [-0.4, -0.2) is 33.9 Å². The average molecular weight is 433 g/mol. The van der Waals surface area contributed by atoms with Crippen LogP contribution < -0.4 is 9.47 Å². The Bertz CT molecular complexity index is 1090. The molecule has 0 amide bonds. The fourth-order valence-corrected chi connectivity index (χ4v) is 4.04. The minimum absolute atomic E-state index is 0.139. The summed E-state index contributed by atoms with van der Waals surface area (Å²) in [6, 6.07) is 11.0. The van der Waals surface area contributed by atoms with Gasteiger partial charge in [0.25, 0.3) is 0 Å². The third-order valence-electron chi connectivity index (χ3n) is 4.32. The maximum atomic E-state index is 11.3. The molecular formula is C19H20N4O4S2. The maximum absolute atomic E-state index is 11.3. The number of aromatic nitrogens is 3. The molecule has 0 atom stereocenters. The molecule has 8 nitrogen and oxygen atoms in total. The Morgan fingerprint density at radius 1 is 1.17 bits per heavy atom. The number of rotatable bonds is 7. The molecule has 1 aromatic heterocycles. The molecular weight excluding hydrogens is 412 g/mol. The summed E-state index contributed by atoms with van der Waals surface area (Å²) in [5.41, 5.74) is 1.92. The van der Waals surface area contributed by atoms with Crippen LogP contribution in [0.5, 0.6) is 11.5 Å². The van der Waals surface area contributed by atoms with Crippen LogP contribution in [0.2, 0.25) is 0 Å². The SMILES string of the molecule is COc1cc([N+](=O)[O-])c(OC)cc1Sc1n[nH]c(=S)n1-c1ccc(C(C)C)cc1. The number of H-pyrrole nitrogens is 1. The Morgan fingerprint density at radius 3 is 2.38 bits per heavy atom. The Morgan fingerprint density at radius 2 is 1.83 bits per heavy atom. The fourth-order valence-electron chi connectivity index (χ4n) is 2.76. The van der Waals surface area contributed by atoms with Gasteiger partial charge in [0.05, 0.1) is 35.8 Å². The van der Waals surface area contributed by atoms with Crippen LogP contribution in [0.3, 0.4) is 0 Å². The fraction of sp³-hybridized carbons (Fsp3) is 0.263. The van der Waals surface area contributed by atoms with E-state index in [4.69, 9.17) is 21.7 Å². The topological polar surface area (TPSA) is 95.2 Å². The summed E-state index contributed by atoms with van der Waals surface area (Å²) in [6.45, 7) is 4.27. The van der Waals surface area contributed by atoms with Crippen molar-refractivity contribution in [2.45, 2.75) is 29.8 Å². The molecule has 1 heterocycles. The first-order valence-corrected chi connectivity index (χ1v) is 9.94. The predicted octanol–water partition coefficient (Wildman–Crippen LogP) is 5.13. The molecule has 0 aliphatic heterocycles. The van der Waals surface area contributed by atoms with Gasteiger partial charge < -0.3 is 9.47 Å². The zero-order valence-electron chi connectivity index (χ0n) is 16.3. The van der Waals surface area contributed by atoms with E-state index in [9.17, 15) is 10.1 Å². The van der Waals surface area contributed by atoms with Gasteiger partial charge in [-0.15, -0.1) is 5.10 Å². The van der Waals surface area contributed by atoms with Gasteiger partial charge in [0.15, 0.2) is 10.9 Å². The van der Waals surface area contributed by atoms with Crippen molar-refractivity contribution >= 4 is 29.7 Å². The van der Waals surface area contributed by atoms with Gasteiger partial charge in [-0.1, -0.05) is 26.0 Å². The second kappa shape index (κ2) is 8.66. The van der Waals surface area contributed by atoms with Gasteiger partial charge in [-0.3, -0.25) is 19.8 Å². The summed E-state index contributed by atoms with van der Waals surface area (Å²) >= 11 is 6.67. The van der Waals surface area contributed by atoms with Crippen LogP contribution in [0.15, 0.2) is 46.5 Å². The zero-order valence-corrected chi connectivity index (χ0v) is 18.0. The highest BCUT2D eigenvalue weighted by molar-refractivity contribution is 7.99. The first-order chi connectivity index (χ1) is 13.8. The van der Waals surface area contributed by atoms with E-state index in [1.165, 1.54) is 37.6 Å². The molecule has 0 bridgehead atoms. The summed E-state index contributed by atoms with van der Waals surface area (Å²) in [5.74, 6) is 0.908. The molecule has 3 aromatic rings. The molecule has 0 spiro atoms. The van der Waals surface area contributed by atoms with E-state index < -0.39 is 4.92 Å². The number of methoxy groups -OCH3 is 2. The second-order valence-corrected chi connectivity index (χ2v) is 7.82. The summed E-state index contributed by atoms with van der Waals surface area (Å²) in [7, 11) is 2.84. The Hall–Kier alpha value is -2.85. The van der Waals surface area contributed by atoms with Gasteiger partial charge in [-0.25, -0.2) is 0 Å². The van der Waals surface area contributed by atoms with Crippen molar-refractivity contribution in [3.63, 3.8) is 0 Å². The van der Waals surface area contributed by atoms with E-state index >= 15 is 0 Å². The third-order valence-corrected chi connectivity index (χ3v) is 5.59. The van der Waals surface area contributed by atoms with Crippen molar-refractivity contribution in [1.29, 1.82) is 0 Å². The molecule has 152 valence electrons. The van der Waals surface area contributed by atoms with Crippen molar-refractivity contribution in [3.8, 4) is 17.2 Å². The molecule has 1 N–H and O–H groups in total. The smallest absolute Gasteiger partial charge is 0.314 e. The standard InChI is InChI=1S/C19H20N4O4S2/c1-11(2)12-5-7-13(8-6-12)22-18(28)20-21-19(22)29-17-10-15(26-3)14(23(24)25)9-16(17)27-4/h5-11H,1-4H3,(H,20,28). The van der Waals surface area contributed by atoms with E-state index in [0.717, 1.165) is 5.69 Å². The first-order valence-electron chi connectivity index (χ1n) is 8.71. The number of nitro groups is 1. The molecule has 3 rings (SSSR count). The average Bonchev–Trinajstić information content (AvgIpc) is 3.07. The molecule has 0 unspecified atom stereocenters. The Balaban J connectivity index is 2.04. The summed E-state index contributed by atoms with van der Waals surface area (Å²) in [4.78, 5) is 11.4.